The zero-order chi connectivity index (χ0) is 17.2. The van der Waals surface area contributed by atoms with E-state index >= 15 is 0 Å². The number of hydrogen-bond acceptors (Lipinski definition) is 3. The van der Waals surface area contributed by atoms with Crippen LogP contribution in [0, 0.1) is 5.82 Å². The molecular formula is C19H18FN3O2. The van der Waals surface area contributed by atoms with Crippen LogP contribution in [0.5, 0.6) is 5.88 Å². The standard InChI is InChI=1S/C19H18FN3O2/c20-15-6-8-16(9-7-15)22-10-11-23-17(19(22)24)12-18(21-23)25-13-14-4-2-1-3-5-14/h1-2,4,6-9,12H,3,5,10-11,13H2. The highest BCUT2D eigenvalue weighted by Crippen LogP contribution is 2.24. The Hall–Kier alpha value is -2.89. The summed E-state index contributed by atoms with van der Waals surface area (Å²) in [6.07, 6.45) is 8.23. The van der Waals surface area contributed by atoms with E-state index in [1.54, 1.807) is 27.8 Å². The maximum atomic E-state index is 13.1. The number of fused-ring (bicyclic) bond motifs is 1. The van der Waals surface area contributed by atoms with Crippen molar-refractivity contribution in [3.63, 3.8) is 0 Å². The highest BCUT2D eigenvalue weighted by molar-refractivity contribution is 6.05. The highest BCUT2D eigenvalue weighted by atomic mass is 19.1. The van der Waals surface area contributed by atoms with Gasteiger partial charge < -0.3 is 9.64 Å². The third kappa shape index (κ3) is 3.20. The van der Waals surface area contributed by atoms with Crippen LogP contribution in [0.25, 0.3) is 0 Å². The van der Waals surface area contributed by atoms with Crippen molar-refractivity contribution in [1.82, 2.24) is 9.78 Å². The molecule has 2 aliphatic rings. The summed E-state index contributed by atoms with van der Waals surface area (Å²) in [5.41, 5.74) is 2.39. The van der Waals surface area contributed by atoms with Gasteiger partial charge in [-0.25, -0.2) is 4.39 Å². The number of rotatable bonds is 4. The number of carbonyl (C=O) groups is 1. The van der Waals surface area contributed by atoms with Crippen LogP contribution in [0.2, 0.25) is 0 Å². The van der Waals surface area contributed by atoms with Crippen molar-refractivity contribution in [2.75, 3.05) is 18.1 Å². The van der Waals surface area contributed by atoms with Crippen LogP contribution in [-0.4, -0.2) is 28.8 Å². The molecule has 0 spiro atoms. The average Bonchev–Trinajstić information content (AvgIpc) is 3.06. The smallest absolute Gasteiger partial charge is 0.276 e. The van der Waals surface area contributed by atoms with E-state index in [0.717, 1.165) is 12.8 Å². The number of carbonyl (C=O) groups excluding carboxylic acids is 1. The first-order valence-electron chi connectivity index (χ1n) is 8.33. The van der Waals surface area contributed by atoms with Crippen molar-refractivity contribution >= 4 is 11.6 Å². The number of nitrogens with zero attached hydrogens (tertiary/aromatic N) is 3. The Morgan fingerprint density at radius 1 is 1.20 bits per heavy atom. The van der Waals surface area contributed by atoms with Gasteiger partial charge in [-0.3, -0.25) is 9.48 Å². The first-order chi connectivity index (χ1) is 12.2. The number of halogens is 1. The summed E-state index contributed by atoms with van der Waals surface area (Å²) in [5.74, 6) is -0.0134. The van der Waals surface area contributed by atoms with Crippen LogP contribution in [-0.2, 0) is 6.54 Å². The second kappa shape index (κ2) is 6.55. The second-order valence-electron chi connectivity index (χ2n) is 6.10. The van der Waals surface area contributed by atoms with E-state index < -0.39 is 0 Å². The number of hydrogen-bond donors (Lipinski definition) is 0. The Bertz CT molecular complexity index is 852. The fourth-order valence-electron chi connectivity index (χ4n) is 3.05. The third-order valence-electron chi connectivity index (χ3n) is 4.40. The van der Waals surface area contributed by atoms with Gasteiger partial charge >= 0.3 is 0 Å². The molecule has 128 valence electrons. The molecule has 1 aliphatic heterocycles. The molecule has 0 saturated heterocycles. The second-order valence-corrected chi connectivity index (χ2v) is 6.10. The Morgan fingerprint density at radius 2 is 2.04 bits per heavy atom. The number of benzene rings is 1. The molecule has 6 heteroatoms. The summed E-state index contributed by atoms with van der Waals surface area (Å²) in [4.78, 5) is 14.4. The lowest BCUT2D eigenvalue weighted by Gasteiger charge is -2.27. The summed E-state index contributed by atoms with van der Waals surface area (Å²) in [6, 6.07) is 7.61. The van der Waals surface area contributed by atoms with Gasteiger partial charge in [0.1, 0.15) is 18.1 Å². The monoisotopic (exact) mass is 339 g/mol. The molecule has 2 heterocycles. The molecule has 0 N–H and O–H groups in total. The molecule has 4 rings (SSSR count). The molecule has 2 aromatic rings. The van der Waals surface area contributed by atoms with E-state index in [4.69, 9.17) is 4.74 Å². The fourth-order valence-corrected chi connectivity index (χ4v) is 3.05. The number of aromatic nitrogens is 2. The average molecular weight is 339 g/mol. The Labute approximate surface area is 145 Å². The minimum atomic E-state index is -0.319. The van der Waals surface area contributed by atoms with Gasteiger partial charge in [-0.2, -0.15) is 0 Å². The van der Waals surface area contributed by atoms with Gasteiger partial charge in [0.05, 0.1) is 6.54 Å². The van der Waals surface area contributed by atoms with E-state index in [9.17, 15) is 9.18 Å². The molecule has 0 atom stereocenters. The molecule has 0 radical (unpaired) electrons. The van der Waals surface area contributed by atoms with E-state index in [-0.39, 0.29) is 11.7 Å². The highest BCUT2D eigenvalue weighted by Gasteiger charge is 2.28. The van der Waals surface area contributed by atoms with Crippen LogP contribution in [0.1, 0.15) is 23.3 Å². The normalized spacial score (nSPS) is 16.6. The van der Waals surface area contributed by atoms with E-state index in [0.29, 0.717) is 37.0 Å². The van der Waals surface area contributed by atoms with Gasteiger partial charge in [0.25, 0.3) is 5.91 Å². The zero-order valence-electron chi connectivity index (χ0n) is 13.7. The lowest BCUT2D eigenvalue weighted by atomic mass is 10.1. The molecule has 0 bridgehead atoms. The quantitative estimate of drug-likeness (QED) is 0.858. The maximum absolute atomic E-state index is 13.1. The number of allylic oxidation sites excluding steroid dienone is 3. The van der Waals surface area contributed by atoms with Gasteiger partial charge in [0.15, 0.2) is 0 Å². The van der Waals surface area contributed by atoms with Crippen LogP contribution in [0.3, 0.4) is 0 Å². The minimum Gasteiger partial charge on any atom is -0.472 e. The predicted molar refractivity (Wildman–Crippen MR) is 92.3 cm³/mol. The largest absolute Gasteiger partial charge is 0.472 e. The van der Waals surface area contributed by atoms with Crippen molar-refractivity contribution in [1.29, 1.82) is 0 Å². The van der Waals surface area contributed by atoms with Gasteiger partial charge in [-0.15, -0.1) is 5.10 Å². The van der Waals surface area contributed by atoms with E-state index in [1.807, 2.05) is 6.08 Å². The van der Waals surface area contributed by atoms with E-state index in [1.165, 1.54) is 17.7 Å². The number of amides is 1. The van der Waals surface area contributed by atoms with Crippen molar-refractivity contribution < 1.29 is 13.9 Å². The summed E-state index contributed by atoms with van der Waals surface area (Å²) in [7, 11) is 0. The summed E-state index contributed by atoms with van der Waals surface area (Å²) < 4.78 is 20.5. The first kappa shape index (κ1) is 15.6. The zero-order valence-corrected chi connectivity index (χ0v) is 13.7. The number of ether oxygens (including phenoxy) is 1. The van der Waals surface area contributed by atoms with Gasteiger partial charge in [0.2, 0.25) is 5.88 Å². The van der Waals surface area contributed by atoms with Crippen LogP contribution < -0.4 is 9.64 Å². The fraction of sp³-hybridized carbons (Fsp3) is 0.263. The molecule has 0 unspecified atom stereocenters. The van der Waals surface area contributed by atoms with Crippen LogP contribution >= 0.6 is 0 Å². The van der Waals surface area contributed by atoms with Gasteiger partial charge in [0, 0.05) is 18.3 Å². The van der Waals surface area contributed by atoms with Crippen molar-refractivity contribution in [3.8, 4) is 5.88 Å². The van der Waals surface area contributed by atoms with Crippen LogP contribution in [0.4, 0.5) is 10.1 Å². The van der Waals surface area contributed by atoms with Crippen molar-refractivity contribution in [3.05, 3.63) is 65.6 Å². The minimum absolute atomic E-state index is 0.153. The van der Waals surface area contributed by atoms with Gasteiger partial charge in [-0.05, 0) is 42.7 Å². The summed E-state index contributed by atoms with van der Waals surface area (Å²) in [5, 5.41) is 4.37. The molecule has 0 saturated carbocycles. The Balaban J connectivity index is 1.49. The van der Waals surface area contributed by atoms with E-state index in [2.05, 4.69) is 17.3 Å². The molecule has 1 aliphatic carbocycles. The third-order valence-corrected chi connectivity index (χ3v) is 4.40. The SMILES string of the molecule is O=C1c2cc(OCC3=CC=CCC3)nn2CCN1c1ccc(F)cc1. The molecule has 1 aromatic carbocycles. The molecule has 5 nitrogen and oxygen atoms in total. The predicted octanol–water partition coefficient (Wildman–Crippen LogP) is 3.34. The Morgan fingerprint density at radius 3 is 2.80 bits per heavy atom. The number of anilines is 1. The summed E-state index contributed by atoms with van der Waals surface area (Å²) in [6.45, 7) is 1.55. The van der Waals surface area contributed by atoms with Gasteiger partial charge in [-0.1, -0.05) is 18.2 Å². The van der Waals surface area contributed by atoms with Crippen molar-refractivity contribution in [2.24, 2.45) is 0 Å². The molecule has 1 amide bonds. The lowest BCUT2D eigenvalue weighted by Crippen LogP contribution is -2.40. The molecule has 25 heavy (non-hydrogen) atoms. The lowest BCUT2D eigenvalue weighted by molar-refractivity contribution is 0.0962. The summed E-state index contributed by atoms with van der Waals surface area (Å²) >= 11 is 0. The Kier molecular flexibility index (Phi) is 4.09. The molecule has 0 fully saturated rings. The maximum Gasteiger partial charge on any atom is 0.276 e. The van der Waals surface area contributed by atoms with Crippen molar-refractivity contribution in [2.45, 2.75) is 19.4 Å². The molecular weight excluding hydrogens is 321 g/mol. The van der Waals surface area contributed by atoms with Crippen LogP contribution in [0.15, 0.2) is 54.1 Å². The topological polar surface area (TPSA) is 47.4 Å². The first-order valence-corrected chi connectivity index (χ1v) is 8.33. The molecule has 1 aromatic heterocycles.